The summed E-state index contributed by atoms with van der Waals surface area (Å²) in [6.07, 6.45) is 4.38. The lowest BCUT2D eigenvalue weighted by Crippen LogP contribution is -2.36. The number of fused-ring (bicyclic) bond motifs is 5. The molecule has 0 heterocycles. The summed E-state index contributed by atoms with van der Waals surface area (Å²) in [6.45, 7) is 3.22. The van der Waals surface area contributed by atoms with Gasteiger partial charge in [0.2, 0.25) is 5.91 Å². The van der Waals surface area contributed by atoms with E-state index in [1.165, 1.54) is 19.3 Å². The summed E-state index contributed by atoms with van der Waals surface area (Å²) in [4.78, 5) is 11.3. The van der Waals surface area contributed by atoms with Gasteiger partial charge >= 0.3 is 0 Å². The predicted molar refractivity (Wildman–Crippen MR) is 58.3 cm³/mol. The maximum Gasteiger partial charge on any atom is 0.233 e. The van der Waals surface area contributed by atoms with Crippen LogP contribution in [0, 0.1) is 23.7 Å². The molecule has 0 radical (unpaired) electrons. The normalized spacial score (nSPS) is 45.3. The molecule has 3 aliphatic carbocycles. The molecule has 3 saturated carbocycles. The van der Waals surface area contributed by atoms with Crippen LogP contribution in [-0.4, -0.2) is 25.0 Å². The summed E-state index contributed by atoms with van der Waals surface area (Å²) in [5, 5.41) is 6.26. The number of carbonyl (C=O) groups is 1. The van der Waals surface area contributed by atoms with Crippen molar-refractivity contribution in [2.24, 2.45) is 23.7 Å². The fourth-order valence-corrected chi connectivity index (χ4v) is 4.07. The summed E-state index contributed by atoms with van der Waals surface area (Å²) in [6, 6.07) is 0.679. The van der Waals surface area contributed by atoms with Gasteiger partial charge in [-0.15, -0.1) is 0 Å². The first-order valence-electron chi connectivity index (χ1n) is 6.31. The smallest absolute Gasteiger partial charge is 0.233 e. The molecular weight excluding hydrogens is 188 g/mol. The monoisotopic (exact) mass is 208 g/mol. The van der Waals surface area contributed by atoms with Crippen LogP contribution in [0.15, 0.2) is 0 Å². The van der Waals surface area contributed by atoms with Crippen molar-refractivity contribution in [1.29, 1.82) is 0 Å². The van der Waals surface area contributed by atoms with E-state index in [0.29, 0.717) is 12.6 Å². The number of likely N-dealkylation sites (N-methyl/N-ethyl adjacent to an activating group) is 1. The average molecular weight is 208 g/mol. The zero-order chi connectivity index (χ0) is 10.4. The number of rotatable bonds is 4. The highest BCUT2D eigenvalue weighted by Gasteiger charge is 2.64. The van der Waals surface area contributed by atoms with Crippen molar-refractivity contribution in [2.45, 2.75) is 32.2 Å². The zero-order valence-corrected chi connectivity index (χ0v) is 9.33. The van der Waals surface area contributed by atoms with Crippen molar-refractivity contribution in [2.75, 3.05) is 13.1 Å². The Kier molecular flexibility index (Phi) is 2.23. The van der Waals surface area contributed by atoms with Crippen molar-refractivity contribution in [1.82, 2.24) is 10.6 Å². The van der Waals surface area contributed by atoms with Crippen LogP contribution in [0.4, 0.5) is 0 Å². The Morgan fingerprint density at radius 3 is 2.53 bits per heavy atom. The summed E-state index contributed by atoms with van der Waals surface area (Å²) in [5.74, 6) is 3.99. The molecule has 3 fully saturated rings. The van der Waals surface area contributed by atoms with E-state index >= 15 is 0 Å². The van der Waals surface area contributed by atoms with Gasteiger partial charge in [0.05, 0.1) is 6.54 Å². The average Bonchev–Trinajstić information content (AvgIpc) is 2.63. The molecule has 0 spiro atoms. The lowest BCUT2D eigenvalue weighted by Gasteiger charge is -2.10. The van der Waals surface area contributed by atoms with Gasteiger partial charge in [-0.1, -0.05) is 0 Å². The van der Waals surface area contributed by atoms with E-state index < -0.39 is 0 Å². The van der Waals surface area contributed by atoms with Crippen LogP contribution in [0.3, 0.4) is 0 Å². The van der Waals surface area contributed by atoms with Crippen LogP contribution >= 0.6 is 0 Å². The second-order valence-electron chi connectivity index (χ2n) is 5.35. The van der Waals surface area contributed by atoms with Gasteiger partial charge in [0.15, 0.2) is 0 Å². The van der Waals surface area contributed by atoms with E-state index in [2.05, 4.69) is 10.6 Å². The maximum absolute atomic E-state index is 11.3. The molecule has 2 bridgehead atoms. The van der Waals surface area contributed by atoms with Crippen molar-refractivity contribution in [3.63, 3.8) is 0 Å². The van der Waals surface area contributed by atoms with E-state index in [1.807, 2.05) is 6.92 Å². The van der Waals surface area contributed by atoms with Crippen molar-refractivity contribution in [3.05, 3.63) is 0 Å². The summed E-state index contributed by atoms with van der Waals surface area (Å²) < 4.78 is 0. The first kappa shape index (κ1) is 9.64. The van der Waals surface area contributed by atoms with Gasteiger partial charge in [0.1, 0.15) is 0 Å². The molecule has 3 rings (SSSR count). The second-order valence-corrected chi connectivity index (χ2v) is 5.35. The molecule has 4 unspecified atom stereocenters. The zero-order valence-electron chi connectivity index (χ0n) is 9.33. The highest BCUT2D eigenvalue weighted by molar-refractivity contribution is 5.78. The minimum atomic E-state index is 0.148. The Morgan fingerprint density at radius 1 is 1.27 bits per heavy atom. The van der Waals surface area contributed by atoms with Gasteiger partial charge in [-0.2, -0.15) is 0 Å². The van der Waals surface area contributed by atoms with Gasteiger partial charge in [-0.3, -0.25) is 4.79 Å². The first-order chi connectivity index (χ1) is 7.31. The fourth-order valence-electron chi connectivity index (χ4n) is 4.07. The predicted octanol–water partition coefficient (Wildman–Crippen LogP) is 0.757. The largest absolute Gasteiger partial charge is 0.355 e. The molecule has 0 aromatic carbocycles. The summed E-state index contributed by atoms with van der Waals surface area (Å²) in [7, 11) is 0. The minimum absolute atomic E-state index is 0.148. The van der Waals surface area contributed by atoms with Gasteiger partial charge < -0.3 is 10.6 Å². The van der Waals surface area contributed by atoms with E-state index in [0.717, 1.165) is 30.2 Å². The van der Waals surface area contributed by atoms with Crippen LogP contribution in [-0.2, 0) is 4.79 Å². The minimum Gasteiger partial charge on any atom is -0.355 e. The third-order valence-corrected chi connectivity index (χ3v) is 4.61. The van der Waals surface area contributed by atoms with E-state index in [9.17, 15) is 4.79 Å². The molecule has 3 nitrogen and oxygen atoms in total. The highest BCUT2D eigenvalue weighted by atomic mass is 16.1. The Hall–Kier alpha value is -0.570. The van der Waals surface area contributed by atoms with Gasteiger partial charge in [0.25, 0.3) is 0 Å². The van der Waals surface area contributed by atoms with Gasteiger partial charge in [-0.25, -0.2) is 0 Å². The number of amides is 1. The van der Waals surface area contributed by atoms with Crippen molar-refractivity contribution >= 4 is 5.91 Å². The van der Waals surface area contributed by atoms with Crippen LogP contribution in [0.2, 0.25) is 0 Å². The number of hydrogen-bond acceptors (Lipinski definition) is 2. The second kappa shape index (κ2) is 3.48. The summed E-state index contributed by atoms with van der Waals surface area (Å²) >= 11 is 0. The van der Waals surface area contributed by atoms with Crippen molar-refractivity contribution < 1.29 is 4.79 Å². The molecule has 2 N–H and O–H groups in total. The van der Waals surface area contributed by atoms with E-state index in [-0.39, 0.29) is 5.91 Å². The van der Waals surface area contributed by atoms with Crippen molar-refractivity contribution in [3.8, 4) is 0 Å². The van der Waals surface area contributed by atoms with E-state index in [4.69, 9.17) is 0 Å². The third-order valence-electron chi connectivity index (χ3n) is 4.61. The van der Waals surface area contributed by atoms with Crippen LogP contribution < -0.4 is 10.6 Å². The van der Waals surface area contributed by atoms with E-state index in [1.54, 1.807) is 0 Å². The Morgan fingerprint density at radius 2 is 1.93 bits per heavy atom. The maximum atomic E-state index is 11.3. The lowest BCUT2D eigenvalue weighted by atomic mass is 10.0. The molecule has 84 valence electrons. The molecule has 1 amide bonds. The molecular formula is C12H20N2O. The standard InChI is InChI=1S/C12H20N2O/c1-2-13-9(15)6-14-12-10-7-3-4-8(5-7)11(10)12/h7-8,10-12,14H,2-6H2,1H3,(H,13,15). The molecule has 3 heteroatoms. The quantitative estimate of drug-likeness (QED) is 0.716. The summed E-state index contributed by atoms with van der Waals surface area (Å²) in [5.41, 5.74) is 0. The molecule has 0 saturated heterocycles. The van der Waals surface area contributed by atoms with Gasteiger partial charge in [0, 0.05) is 12.6 Å². The Balaban J connectivity index is 1.46. The molecule has 15 heavy (non-hydrogen) atoms. The SMILES string of the molecule is CCNC(=O)CNC1C2C3CCC(C3)C12. The topological polar surface area (TPSA) is 41.1 Å². The lowest BCUT2D eigenvalue weighted by molar-refractivity contribution is -0.120. The molecule has 0 aromatic rings. The van der Waals surface area contributed by atoms with Gasteiger partial charge in [-0.05, 0) is 49.9 Å². The highest BCUT2D eigenvalue weighted by Crippen LogP contribution is 2.65. The van der Waals surface area contributed by atoms with Crippen LogP contribution in [0.1, 0.15) is 26.2 Å². The number of nitrogens with one attached hydrogen (secondary N) is 2. The molecule has 0 aliphatic heterocycles. The Labute approximate surface area is 91.0 Å². The first-order valence-corrected chi connectivity index (χ1v) is 6.31. The van der Waals surface area contributed by atoms with Crippen LogP contribution in [0.25, 0.3) is 0 Å². The molecule has 3 aliphatic rings. The number of carbonyl (C=O) groups excluding carboxylic acids is 1. The number of hydrogen-bond donors (Lipinski definition) is 2. The van der Waals surface area contributed by atoms with Crippen LogP contribution in [0.5, 0.6) is 0 Å². The Bertz CT molecular complexity index is 263. The molecule has 0 aromatic heterocycles. The molecule has 4 atom stereocenters. The third kappa shape index (κ3) is 1.48. The fraction of sp³-hybridized carbons (Fsp3) is 0.917.